The summed E-state index contributed by atoms with van der Waals surface area (Å²) in [5.74, 6) is -0.399. The van der Waals surface area contributed by atoms with Crippen LogP contribution in [0.4, 0.5) is 5.69 Å². The Kier molecular flexibility index (Phi) is 7.03. The number of amides is 1. The Balaban J connectivity index is 1.52. The number of nitrogens with zero attached hydrogens (tertiary/aromatic N) is 2. The van der Waals surface area contributed by atoms with Crippen molar-refractivity contribution in [3.8, 4) is 0 Å². The summed E-state index contributed by atoms with van der Waals surface area (Å²) in [7, 11) is 0. The topological polar surface area (TPSA) is 61.8 Å². The second-order valence-electron chi connectivity index (χ2n) is 9.42. The summed E-state index contributed by atoms with van der Waals surface area (Å²) < 4.78 is 0. The van der Waals surface area contributed by atoms with Gasteiger partial charge in [0.05, 0.1) is 24.1 Å². The first-order valence-corrected chi connectivity index (χ1v) is 12.6. The summed E-state index contributed by atoms with van der Waals surface area (Å²) in [6, 6.07) is 29.0. The minimum Gasteiger partial charge on any atom is -0.353 e. The van der Waals surface area contributed by atoms with Crippen LogP contribution in [0.25, 0.3) is 0 Å². The second-order valence-corrected chi connectivity index (χ2v) is 9.42. The van der Waals surface area contributed by atoms with Crippen molar-refractivity contribution in [2.24, 2.45) is 5.10 Å². The van der Waals surface area contributed by atoms with Gasteiger partial charge in [0, 0.05) is 11.6 Å². The lowest BCUT2D eigenvalue weighted by Crippen LogP contribution is -2.42. The largest absolute Gasteiger partial charge is 0.353 e. The van der Waals surface area contributed by atoms with Crippen LogP contribution in [0.2, 0.25) is 0 Å². The number of nitrogens with one attached hydrogen (secondary N) is 1. The van der Waals surface area contributed by atoms with Gasteiger partial charge in [0.1, 0.15) is 5.71 Å². The van der Waals surface area contributed by atoms with E-state index in [0.717, 1.165) is 36.9 Å². The van der Waals surface area contributed by atoms with Crippen molar-refractivity contribution in [3.63, 3.8) is 0 Å². The molecule has 3 aromatic rings. The number of hydrogen-bond donors (Lipinski definition) is 1. The molecule has 2 aliphatic rings. The third-order valence-corrected chi connectivity index (χ3v) is 7.02. The number of hydrazone groups is 1. The van der Waals surface area contributed by atoms with E-state index in [2.05, 4.69) is 5.32 Å². The number of rotatable bonds is 7. The van der Waals surface area contributed by atoms with Gasteiger partial charge in [-0.2, -0.15) is 5.10 Å². The molecule has 2 atom stereocenters. The van der Waals surface area contributed by atoms with Crippen molar-refractivity contribution in [1.82, 2.24) is 5.32 Å². The Morgan fingerprint density at radius 1 is 0.800 bits per heavy atom. The van der Waals surface area contributed by atoms with Crippen LogP contribution in [0.15, 0.2) is 96.1 Å². The molecule has 5 rings (SSSR count). The minimum absolute atomic E-state index is 0.0207. The van der Waals surface area contributed by atoms with Crippen molar-refractivity contribution < 1.29 is 9.59 Å². The Labute approximate surface area is 206 Å². The molecule has 0 unspecified atom stereocenters. The second kappa shape index (κ2) is 10.7. The monoisotopic (exact) mass is 465 g/mol. The highest BCUT2D eigenvalue weighted by Gasteiger charge is 2.43. The number of ketones is 1. The fourth-order valence-corrected chi connectivity index (χ4v) is 5.30. The van der Waals surface area contributed by atoms with Crippen LogP contribution in [0, 0.1) is 0 Å². The van der Waals surface area contributed by atoms with Crippen LogP contribution in [0.1, 0.15) is 60.4 Å². The highest BCUT2D eigenvalue weighted by atomic mass is 16.1. The highest BCUT2D eigenvalue weighted by molar-refractivity contribution is 6.48. The molecule has 1 heterocycles. The van der Waals surface area contributed by atoms with E-state index >= 15 is 0 Å². The van der Waals surface area contributed by atoms with Crippen LogP contribution in [-0.2, 0) is 4.79 Å². The smallest absolute Gasteiger partial charge is 0.222 e. The number of carbonyl (C=O) groups is 2. The molecule has 1 N–H and O–H groups in total. The van der Waals surface area contributed by atoms with Gasteiger partial charge in [0.2, 0.25) is 11.7 Å². The molecule has 5 nitrogen and oxygen atoms in total. The normalized spacial score (nSPS) is 20.3. The molecule has 178 valence electrons. The number of hydrogen-bond acceptors (Lipinski definition) is 4. The molecule has 0 radical (unpaired) electrons. The van der Waals surface area contributed by atoms with Crippen LogP contribution >= 0.6 is 0 Å². The van der Waals surface area contributed by atoms with Gasteiger partial charge in [-0.3, -0.25) is 14.6 Å². The standard InChI is InChI=1S/C30H31N3O2/c34-27(31-24-17-9-3-10-18-24)21-26-28(22-13-5-1-6-14-22)29(30(35)23-15-7-2-8-16-23)32-33(26)25-19-11-4-12-20-25/h1-2,4-8,11-16,19-20,24,26,28H,3,9-10,17-18,21H2,(H,31,34)/t26-,28-/m1/s1. The van der Waals surface area contributed by atoms with Gasteiger partial charge in [-0.25, -0.2) is 0 Å². The van der Waals surface area contributed by atoms with E-state index < -0.39 is 0 Å². The van der Waals surface area contributed by atoms with Gasteiger partial charge in [-0.1, -0.05) is 98.1 Å². The first-order chi connectivity index (χ1) is 17.2. The summed E-state index contributed by atoms with van der Waals surface area (Å²) in [4.78, 5) is 27.0. The third kappa shape index (κ3) is 5.19. The lowest BCUT2D eigenvalue weighted by Gasteiger charge is -2.29. The minimum atomic E-state index is -0.318. The molecule has 1 saturated carbocycles. The van der Waals surface area contributed by atoms with Crippen LogP contribution < -0.4 is 10.3 Å². The van der Waals surface area contributed by atoms with E-state index in [4.69, 9.17) is 5.10 Å². The van der Waals surface area contributed by atoms with Crippen molar-refractivity contribution >= 4 is 23.1 Å². The highest BCUT2D eigenvalue weighted by Crippen LogP contribution is 2.37. The van der Waals surface area contributed by atoms with Gasteiger partial charge in [-0.15, -0.1) is 0 Å². The maximum absolute atomic E-state index is 13.7. The molecule has 5 heteroatoms. The molecule has 0 spiro atoms. The summed E-state index contributed by atoms with van der Waals surface area (Å²) in [6.07, 6.45) is 5.90. The molecule has 1 aliphatic heterocycles. The van der Waals surface area contributed by atoms with Gasteiger partial charge < -0.3 is 5.32 Å². The van der Waals surface area contributed by atoms with Crippen molar-refractivity contribution in [1.29, 1.82) is 0 Å². The fourth-order valence-electron chi connectivity index (χ4n) is 5.30. The van der Waals surface area contributed by atoms with E-state index in [1.807, 2.05) is 96.0 Å². The van der Waals surface area contributed by atoms with Crippen molar-refractivity contribution in [3.05, 3.63) is 102 Å². The molecule has 1 aliphatic carbocycles. The van der Waals surface area contributed by atoms with Crippen molar-refractivity contribution in [2.45, 2.75) is 56.5 Å². The van der Waals surface area contributed by atoms with Crippen LogP contribution in [0.5, 0.6) is 0 Å². The predicted octanol–water partition coefficient (Wildman–Crippen LogP) is 5.74. The molecular weight excluding hydrogens is 434 g/mol. The summed E-state index contributed by atoms with van der Waals surface area (Å²) in [6.45, 7) is 0. The molecule has 1 fully saturated rings. The summed E-state index contributed by atoms with van der Waals surface area (Å²) in [5.41, 5.74) is 2.94. The Bertz CT molecular complexity index is 1170. The average Bonchev–Trinajstić information content (AvgIpc) is 3.29. The molecule has 0 aromatic heterocycles. The average molecular weight is 466 g/mol. The zero-order valence-corrected chi connectivity index (χ0v) is 19.8. The number of Topliss-reactive ketones (excluding diaryl/α,β-unsaturated/α-hetero) is 1. The third-order valence-electron chi connectivity index (χ3n) is 7.02. The molecule has 3 aromatic carbocycles. The van der Waals surface area contributed by atoms with Gasteiger partial charge in [0.15, 0.2) is 0 Å². The summed E-state index contributed by atoms with van der Waals surface area (Å²) >= 11 is 0. The number of benzene rings is 3. The van der Waals surface area contributed by atoms with E-state index in [1.54, 1.807) is 0 Å². The fraction of sp³-hybridized carbons (Fsp3) is 0.300. The molecular formula is C30H31N3O2. The summed E-state index contributed by atoms with van der Waals surface area (Å²) in [5, 5.41) is 10.0. The van der Waals surface area contributed by atoms with E-state index in [1.165, 1.54) is 6.42 Å². The Morgan fingerprint density at radius 3 is 2.06 bits per heavy atom. The molecule has 1 amide bonds. The Hall–Kier alpha value is -3.73. The lowest BCUT2D eigenvalue weighted by molar-refractivity contribution is -0.122. The first kappa shape index (κ1) is 23.0. The van der Waals surface area contributed by atoms with E-state index in [9.17, 15) is 9.59 Å². The lowest BCUT2D eigenvalue weighted by atomic mass is 9.83. The van der Waals surface area contributed by atoms with Crippen LogP contribution in [0.3, 0.4) is 0 Å². The number of para-hydroxylation sites is 1. The van der Waals surface area contributed by atoms with E-state index in [-0.39, 0.29) is 36.1 Å². The van der Waals surface area contributed by atoms with Gasteiger partial charge >= 0.3 is 0 Å². The maximum atomic E-state index is 13.7. The molecule has 35 heavy (non-hydrogen) atoms. The van der Waals surface area contributed by atoms with Gasteiger partial charge in [0.25, 0.3) is 0 Å². The maximum Gasteiger partial charge on any atom is 0.222 e. The van der Waals surface area contributed by atoms with Gasteiger partial charge in [-0.05, 0) is 30.5 Å². The SMILES string of the molecule is O=C(C[C@@H]1[C@@H](c2ccccc2)C(C(=O)c2ccccc2)=NN1c1ccccc1)NC1CCCCC1. The number of anilines is 1. The quantitative estimate of drug-likeness (QED) is 0.453. The number of carbonyl (C=O) groups excluding carboxylic acids is 2. The molecule has 0 bridgehead atoms. The first-order valence-electron chi connectivity index (χ1n) is 12.6. The Morgan fingerprint density at radius 2 is 1.40 bits per heavy atom. The van der Waals surface area contributed by atoms with E-state index in [0.29, 0.717) is 11.3 Å². The zero-order chi connectivity index (χ0) is 24.0. The molecule has 0 saturated heterocycles. The van der Waals surface area contributed by atoms with Crippen LogP contribution in [-0.4, -0.2) is 29.5 Å². The predicted molar refractivity (Wildman–Crippen MR) is 140 cm³/mol. The zero-order valence-electron chi connectivity index (χ0n) is 19.8. The van der Waals surface area contributed by atoms with Crippen molar-refractivity contribution in [2.75, 3.05) is 5.01 Å².